The number of phenols is 1. The van der Waals surface area contributed by atoms with Gasteiger partial charge >= 0.3 is 5.97 Å². The Morgan fingerprint density at radius 2 is 2.06 bits per heavy atom. The third kappa shape index (κ3) is 1.54. The number of hydrogen-bond donors (Lipinski definition) is 3. The van der Waals surface area contributed by atoms with Gasteiger partial charge in [0, 0.05) is 10.6 Å². The Labute approximate surface area is 97.1 Å². The maximum absolute atomic E-state index is 11.2. The van der Waals surface area contributed by atoms with E-state index in [4.69, 9.17) is 11.6 Å². The Morgan fingerprint density at radius 1 is 1.44 bits per heavy atom. The SMILES string of the molecule is O=C(O)C1(c2cc(Cl)ccc2O)CC(O)C1. The van der Waals surface area contributed by atoms with Crippen molar-refractivity contribution >= 4 is 17.6 Å². The zero-order chi connectivity index (χ0) is 11.9. The molecule has 0 heterocycles. The van der Waals surface area contributed by atoms with Gasteiger partial charge in [-0.15, -0.1) is 0 Å². The highest BCUT2D eigenvalue weighted by molar-refractivity contribution is 6.30. The van der Waals surface area contributed by atoms with Gasteiger partial charge in [0.15, 0.2) is 0 Å². The summed E-state index contributed by atoms with van der Waals surface area (Å²) < 4.78 is 0. The van der Waals surface area contributed by atoms with Crippen molar-refractivity contribution in [2.24, 2.45) is 0 Å². The summed E-state index contributed by atoms with van der Waals surface area (Å²) in [6.45, 7) is 0. The number of aromatic hydroxyl groups is 1. The summed E-state index contributed by atoms with van der Waals surface area (Å²) in [6.07, 6.45) is -0.415. The van der Waals surface area contributed by atoms with E-state index < -0.39 is 17.5 Å². The normalized spacial score (nSPS) is 28.5. The fourth-order valence-corrected chi connectivity index (χ4v) is 2.32. The van der Waals surface area contributed by atoms with Gasteiger partial charge in [-0.05, 0) is 31.0 Å². The molecule has 1 fully saturated rings. The van der Waals surface area contributed by atoms with Gasteiger partial charge in [-0.25, -0.2) is 0 Å². The topological polar surface area (TPSA) is 77.8 Å². The Balaban J connectivity index is 2.48. The van der Waals surface area contributed by atoms with Gasteiger partial charge in [-0.1, -0.05) is 11.6 Å². The minimum atomic E-state index is -1.20. The number of benzene rings is 1. The molecule has 4 nitrogen and oxygen atoms in total. The van der Waals surface area contributed by atoms with Crippen LogP contribution in [0.4, 0.5) is 0 Å². The average Bonchev–Trinajstić information content (AvgIpc) is 2.16. The number of carboxylic acid groups (broad SMARTS) is 1. The standard InChI is InChI=1S/C11H11ClO4/c12-6-1-2-9(14)8(3-6)11(10(15)16)4-7(13)5-11/h1-3,7,13-14H,4-5H2,(H,15,16). The number of carboxylic acids is 1. The number of carbonyl (C=O) groups is 1. The summed E-state index contributed by atoms with van der Waals surface area (Å²) in [5.74, 6) is -1.14. The van der Waals surface area contributed by atoms with Crippen LogP contribution in [0, 0.1) is 0 Å². The zero-order valence-corrected chi connectivity index (χ0v) is 9.11. The van der Waals surface area contributed by atoms with Gasteiger partial charge in [0.2, 0.25) is 0 Å². The van der Waals surface area contributed by atoms with Crippen molar-refractivity contribution in [3.05, 3.63) is 28.8 Å². The van der Waals surface area contributed by atoms with E-state index in [1.165, 1.54) is 18.2 Å². The van der Waals surface area contributed by atoms with Gasteiger partial charge < -0.3 is 15.3 Å². The second-order valence-electron chi connectivity index (χ2n) is 4.11. The van der Waals surface area contributed by atoms with Gasteiger partial charge in [0.25, 0.3) is 0 Å². The maximum Gasteiger partial charge on any atom is 0.314 e. The highest BCUT2D eigenvalue weighted by atomic mass is 35.5. The molecule has 1 saturated carbocycles. The number of halogens is 1. The van der Waals surface area contributed by atoms with E-state index in [0.29, 0.717) is 5.02 Å². The van der Waals surface area contributed by atoms with Crippen LogP contribution in [0.15, 0.2) is 18.2 Å². The maximum atomic E-state index is 11.2. The molecule has 0 atom stereocenters. The molecular weight excluding hydrogens is 232 g/mol. The van der Waals surface area contributed by atoms with Crippen LogP contribution in [0.2, 0.25) is 5.02 Å². The molecule has 86 valence electrons. The van der Waals surface area contributed by atoms with Crippen LogP contribution in [0.25, 0.3) is 0 Å². The average molecular weight is 243 g/mol. The van der Waals surface area contributed by atoms with Crippen molar-refractivity contribution in [1.82, 2.24) is 0 Å². The smallest absolute Gasteiger partial charge is 0.314 e. The molecule has 16 heavy (non-hydrogen) atoms. The van der Waals surface area contributed by atoms with Crippen molar-refractivity contribution in [3.63, 3.8) is 0 Å². The Hall–Kier alpha value is -1.26. The van der Waals surface area contributed by atoms with Crippen molar-refractivity contribution < 1.29 is 20.1 Å². The minimum absolute atomic E-state index is 0.0984. The molecular formula is C11H11ClO4. The molecule has 0 aromatic heterocycles. The first-order valence-electron chi connectivity index (χ1n) is 4.86. The summed E-state index contributed by atoms with van der Waals surface area (Å²) in [5, 5.41) is 28.5. The van der Waals surface area contributed by atoms with Crippen LogP contribution in [0.3, 0.4) is 0 Å². The fraction of sp³-hybridized carbons (Fsp3) is 0.364. The molecule has 1 aliphatic carbocycles. The number of phenolic OH excluding ortho intramolecular Hbond substituents is 1. The van der Waals surface area contributed by atoms with Crippen molar-refractivity contribution in [3.8, 4) is 5.75 Å². The van der Waals surface area contributed by atoms with Gasteiger partial charge in [0.1, 0.15) is 11.2 Å². The predicted octanol–water partition coefficient (Wildman–Crippen LogP) is 1.52. The van der Waals surface area contributed by atoms with Gasteiger partial charge in [-0.3, -0.25) is 4.79 Å². The third-order valence-electron chi connectivity index (χ3n) is 3.05. The third-order valence-corrected chi connectivity index (χ3v) is 3.29. The molecule has 3 N–H and O–H groups in total. The summed E-state index contributed by atoms with van der Waals surface area (Å²) in [7, 11) is 0. The van der Waals surface area contributed by atoms with Crippen LogP contribution in [0.1, 0.15) is 18.4 Å². The van der Waals surface area contributed by atoms with E-state index in [1.807, 2.05) is 0 Å². The van der Waals surface area contributed by atoms with Crippen LogP contribution >= 0.6 is 11.6 Å². The summed E-state index contributed by atoms with van der Waals surface area (Å²) >= 11 is 5.78. The Bertz CT molecular complexity index is 438. The molecule has 5 heteroatoms. The lowest BCUT2D eigenvalue weighted by atomic mass is 9.62. The largest absolute Gasteiger partial charge is 0.508 e. The first kappa shape index (κ1) is 11.2. The van der Waals surface area contributed by atoms with Crippen molar-refractivity contribution in [2.45, 2.75) is 24.4 Å². The lowest BCUT2D eigenvalue weighted by molar-refractivity contribution is -0.153. The summed E-state index contributed by atoms with van der Waals surface area (Å²) in [6, 6.07) is 4.30. The summed E-state index contributed by atoms with van der Waals surface area (Å²) in [5.41, 5.74) is -0.924. The van der Waals surface area contributed by atoms with Crippen LogP contribution < -0.4 is 0 Å². The van der Waals surface area contributed by atoms with Crippen LogP contribution in [-0.2, 0) is 10.2 Å². The molecule has 0 aliphatic heterocycles. The van der Waals surface area contributed by atoms with E-state index in [-0.39, 0.29) is 24.2 Å². The Morgan fingerprint density at radius 3 is 2.56 bits per heavy atom. The van der Waals surface area contributed by atoms with Crippen LogP contribution in [-0.4, -0.2) is 27.4 Å². The monoisotopic (exact) mass is 242 g/mol. The number of aliphatic hydroxyl groups excluding tert-OH is 1. The molecule has 1 aromatic rings. The number of aliphatic hydroxyl groups is 1. The van der Waals surface area contributed by atoms with Gasteiger partial charge in [0.05, 0.1) is 6.10 Å². The second kappa shape index (κ2) is 3.64. The van der Waals surface area contributed by atoms with E-state index in [1.54, 1.807) is 0 Å². The molecule has 0 saturated heterocycles. The highest BCUT2D eigenvalue weighted by Crippen LogP contribution is 2.47. The molecule has 0 radical (unpaired) electrons. The molecule has 2 rings (SSSR count). The molecule has 0 spiro atoms. The number of rotatable bonds is 2. The second-order valence-corrected chi connectivity index (χ2v) is 4.55. The molecule has 0 amide bonds. The zero-order valence-electron chi connectivity index (χ0n) is 8.35. The number of hydrogen-bond acceptors (Lipinski definition) is 3. The molecule has 1 aromatic carbocycles. The Kier molecular flexibility index (Phi) is 2.56. The lowest BCUT2D eigenvalue weighted by Crippen LogP contribution is -2.50. The van der Waals surface area contributed by atoms with E-state index >= 15 is 0 Å². The number of aliphatic carboxylic acids is 1. The molecule has 1 aliphatic rings. The quantitative estimate of drug-likeness (QED) is 0.735. The predicted molar refractivity (Wildman–Crippen MR) is 57.7 cm³/mol. The first-order valence-corrected chi connectivity index (χ1v) is 5.24. The summed E-state index contributed by atoms with van der Waals surface area (Å²) in [4.78, 5) is 11.2. The fourth-order valence-electron chi connectivity index (χ4n) is 2.15. The minimum Gasteiger partial charge on any atom is -0.508 e. The van der Waals surface area contributed by atoms with E-state index in [2.05, 4.69) is 0 Å². The first-order chi connectivity index (χ1) is 7.45. The van der Waals surface area contributed by atoms with Crippen LogP contribution in [0.5, 0.6) is 5.75 Å². The molecule has 0 unspecified atom stereocenters. The lowest BCUT2D eigenvalue weighted by Gasteiger charge is -2.42. The van der Waals surface area contributed by atoms with Crippen molar-refractivity contribution in [1.29, 1.82) is 0 Å². The van der Waals surface area contributed by atoms with E-state index in [0.717, 1.165) is 0 Å². The van der Waals surface area contributed by atoms with Crippen molar-refractivity contribution in [2.75, 3.05) is 0 Å². The van der Waals surface area contributed by atoms with E-state index in [9.17, 15) is 20.1 Å². The molecule has 0 bridgehead atoms. The van der Waals surface area contributed by atoms with Gasteiger partial charge in [-0.2, -0.15) is 0 Å². The highest BCUT2D eigenvalue weighted by Gasteiger charge is 2.52.